The number of aromatic nitrogens is 2. The quantitative estimate of drug-likeness (QED) is 0.572. The van der Waals surface area contributed by atoms with Crippen LogP contribution < -0.4 is 0 Å². The lowest BCUT2D eigenvalue weighted by atomic mass is 9.87. The van der Waals surface area contributed by atoms with E-state index >= 15 is 0 Å². The van der Waals surface area contributed by atoms with E-state index in [1.54, 1.807) is 11.8 Å². The second kappa shape index (κ2) is 11.4. The van der Waals surface area contributed by atoms with Gasteiger partial charge in [-0.2, -0.15) is 5.10 Å². The van der Waals surface area contributed by atoms with Crippen molar-refractivity contribution < 1.29 is 5.11 Å². The molecule has 0 aliphatic heterocycles. The van der Waals surface area contributed by atoms with Crippen LogP contribution in [0, 0.1) is 9.87 Å². The van der Waals surface area contributed by atoms with Gasteiger partial charge < -0.3 is 10.0 Å². The van der Waals surface area contributed by atoms with E-state index in [-0.39, 0.29) is 11.4 Å². The zero-order valence-electron chi connectivity index (χ0n) is 14.3. The Balaban J connectivity index is 0.000000322. The molecular formula is C16H29N3OS3. The van der Waals surface area contributed by atoms with Crippen LogP contribution in [-0.2, 0) is 0 Å². The molecule has 1 aliphatic rings. The Hall–Kier alpha value is -0.210. The number of thioether (sulfide) groups is 1. The van der Waals surface area contributed by atoms with E-state index in [0.29, 0.717) is 9.87 Å². The number of aliphatic hydroxyl groups excluding tert-OH is 1. The fourth-order valence-corrected chi connectivity index (χ4v) is 5.04. The van der Waals surface area contributed by atoms with Gasteiger partial charge in [0.15, 0.2) is 8.29 Å². The maximum absolute atomic E-state index is 10.0. The van der Waals surface area contributed by atoms with Gasteiger partial charge in [-0.1, -0.05) is 49.9 Å². The van der Waals surface area contributed by atoms with Crippen molar-refractivity contribution in [1.29, 1.82) is 0 Å². The Morgan fingerprint density at radius 3 is 2.43 bits per heavy atom. The van der Waals surface area contributed by atoms with Crippen LogP contribution in [0.25, 0.3) is 0 Å². The average molecular weight is 376 g/mol. The van der Waals surface area contributed by atoms with Gasteiger partial charge in [-0.3, -0.25) is 5.10 Å². The summed E-state index contributed by atoms with van der Waals surface area (Å²) in [4.78, 5) is 2.38. The molecule has 1 saturated carbocycles. The van der Waals surface area contributed by atoms with Gasteiger partial charge in [0.05, 0.1) is 6.10 Å². The first kappa shape index (κ1) is 20.8. The Morgan fingerprint density at radius 1 is 1.39 bits per heavy atom. The molecule has 0 radical (unpaired) electrons. The predicted molar refractivity (Wildman–Crippen MR) is 104 cm³/mol. The first-order chi connectivity index (χ1) is 11.0. The van der Waals surface area contributed by atoms with Crippen molar-refractivity contribution in [1.82, 2.24) is 15.1 Å². The molecule has 1 fully saturated rings. The Morgan fingerprint density at radius 2 is 2.04 bits per heavy atom. The molecular weight excluding hydrogens is 346 g/mol. The number of hydrogen-bond donors (Lipinski definition) is 2. The fraction of sp³-hybridized carbons (Fsp3) is 0.750. The molecule has 2 N–H and O–H groups in total. The molecule has 1 aromatic heterocycles. The third-order valence-electron chi connectivity index (χ3n) is 4.14. The van der Waals surface area contributed by atoms with Crippen molar-refractivity contribution in [3.63, 3.8) is 0 Å². The molecule has 1 aliphatic carbocycles. The van der Waals surface area contributed by atoms with Gasteiger partial charge in [-0.15, -0.1) is 6.58 Å². The second-order valence-electron chi connectivity index (χ2n) is 5.53. The van der Waals surface area contributed by atoms with Crippen LogP contribution >= 0.6 is 35.3 Å². The minimum atomic E-state index is -0.265. The molecule has 3 atom stereocenters. The number of nitrogens with zero attached hydrogens (tertiary/aromatic N) is 2. The number of hydrogen-bond acceptors (Lipinski definition) is 6. The van der Waals surface area contributed by atoms with E-state index in [1.807, 2.05) is 6.08 Å². The van der Waals surface area contributed by atoms with Gasteiger partial charge in [0.25, 0.3) is 0 Å². The lowest BCUT2D eigenvalue weighted by Crippen LogP contribution is -2.30. The summed E-state index contributed by atoms with van der Waals surface area (Å²) in [7, 11) is 0. The first-order valence-electron chi connectivity index (χ1n) is 8.29. The lowest BCUT2D eigenvalue weighted by Gasteiger charge is -2.30. The highest BCUT2D eigenvalue weighted by Gasteiger charge is 2.29. The van der Waals surface area contributed by atoms with Gasteiger partial charge in [0, 0.05) is 5.25 Å². The summed E-state index contributed by atoms with van der Waals surface area (Å²) in [6.07, 6.45) is 4.61. The molecule has 0 spiro atoms. The summed E-state index contributed by atoms with van der Waals surface area (Å²) in [5, 5.41) is 17.1. The molecule has 3 unspecified atom stereocenters. The SMILES string of the molecule is C=CC1CCC(Sc2n[nH]c(=S)s2)C(O)C1.CCN(CC)CC. The number of nitrogens with one attached hydrogen (secondary N) is 1. The van der Waals surface area contributed by atoms with E-state index in [2.05, 4.69) is 42.4 Å². The van der Waals surface area contributed by atoms with E-state index < -0.39 is 0 Å². The summed E-state index contributed by atoms with van der Waals surface area (Å²) in [5.41, 5.74) is 0. The van der Waals surface area contributed by atoms with Gasteiger partial charge in [-0.25, -0.2) is 0 Å². The van der Waals surface area contributed by atoms with Crippen LogP contribution in [-0.4, -0.2) is 51.2 Å². The van der Waals surface area contributed by atoms with E-state index in [9.17, 15) is 5.11 Å². The molecule has 0 bridgehead atoms. The number of H-pyrrole nitrogens is 1. The smallest absolute Gasteiger partial charge is 0.177 e. The topological polar surface area (TPSA) is 52.1 Å². The molecule has 2 rings (SSSR count). The largest absolute Gasteiger partial charge is 0.392 e. The maximum Gasteiger partial charge on any atom is 0.177 e. The van der Waals surface area contributed by atoms with Gasteiger partial charge in [-0.05, 0) is 57.0 Å². The van der Waals surface area contributed by atoms with Crippen molar-refractivity contribution in [2.24, 2.45) is 5.92 Å². The Labute approximate surface area is 153 Å². The van der Waals surface area contributed by atoms with Gasteiger partial charge >= 0.3 is 0 Å². The number of aromatic amines is 1. The maximum atomic E-state index is 10.0. The summed E-state index contributed by atoms with van der Waals surface area (Å²) >= 11 is 8.08. The van der Waals surface area contributed by atoms with E-state index in [0.717, 1.165) is 23.6 Å². The van der Waals surface area contributed by atoms with Crippen LogP contribution in [0.2, 0.25) is 0 Å². The molecule has 4 nitrogen and oxygen atoms in total. The molecule has 132 valence electrons. The lowest BCUT2D eigenvalue weighted by molar-refractivity contribution is 0.120. The third-order valence-corrected chi connectivity index (χ3v) is 6.71. The zero-order chi connectivity index (χ0) is 17.2. The number of rotatable bonds is 6. The van der Waals surface area contributed by atoms with E-state index in [4.69, 9.17) is 12.2 Å². The van der Waals surface area contributed by atoms with Crippen LogP contribution in [0.1, 0.15) is 40.0 Å². The Kier molecular flexibility index (Phi) is 10.3. The van der Waals surface area contributed by atoms with Crippen molar-refractivity contribution in [3.8, 4) is 0 Å². The standard InChI is InChI=1S/C10H14N2OS3.C6H15N/c1-2-6-3-4-8(7(13)5-6)15-10-12-11-9(14)16-10;1-4-7(5-2)6-3/h2,6-8,13H,1,3-5H2,(H,11,14);4-6H2,1-3H3. The zero-order valence-corrected chi connectivity index (χ0v) is 16.8. The minimum Gasteiger partial charge on any atom is -0.392 e. The van der Waals surface area contributed by atoms with Crippen LogP contribution in [0.4, 0.5) is 0 Å². The Bertz CT molecular complexity index is 493. The molecule has 7 heteroatoms. The highest BCUT2D eigenvalue weighted by atomic mass is 32.2. The normalized spacial score (nSPS) is 24.1. The third kappa shape index (κ3) is 7.47. The fourth-order valence-electron chi connectivity index (χ4n) is 2.57. The first-order valence-corrected chi connectivity index (χ1v) is 10.4. The molecule has 23 heavy (non-hydrogen) atoms. The van der Waals surface area contributed by atoms with Crippen molar-refractivity contribution in [2.45, 2.75) is 55.7 Å². The minimum absolute atomic E-state index is 0.241. The van der Waals surface area contributed by atoms with Crippen molar-refractivity contribution >= 4 is 35.3 Å². The molecule has 0 aromatic carbocycles. The van der Waals surface area contributed by atoms with Crippen molar-refractivity contribution in [3.05, 3.63) is 16.6 Å². The van der Waals surface area contributed by atoms with Crippen LogP contribution in [0.15, 0.2) is 17.0 Å². The van der Waals surface area contributed by atoms with Crippen LogP contribution in [0.5, 0.6) is 0 Å². The predicted octanol–water partition coefficient (Wildman–Crippen LogP) is 4.36. The van der Waals surface area contributed by atoms with Gasteiger partial charge in [0.2, 0.25) is 0 Å². The average Bonchev–Trinajstić information content (AvgIpc) is 2.97. The summed E-state index contributed by atoms with van der Waals surface area (Å²) in [6.45, 7) is 13.9. The highest BCUT2D eigenvalue weighted by Crippen LogP contribution is 2.37. The monoisotopic (exact) mass is 375 g/mol. The van der Waals surface area contributed by atoms with Crippen LogP contribution in [0.3, 0.4) is 0 Å². The van der Waals surface area contributed by atoms with E-state index in [1.165, 1.54) is 31.0 Å². The summed E-state index contributed by atoms with van der Waals surface area (Å²) < 4.78 is 1.61. The summed E-state index contributed by atoms with van der Waals surface area (Å²) in [6, 6.07) is 0. The molecule has 1 aromatic rings. The second-order valence-corrected chi connectivity index (χ2v) is 8.68. The highest BCUT2D eigenvalue weighted by molar-refractivity contribution is 8.01. The van der Waals surface area contributed by atoms with Crippen molar-refractivity contribution in [2.75, 3.05) is 19.6 Å². The molecule has 1 heterocycles. The molecule has 0 amide bonds. The molecule has 0 saturated heterocycles. The number of aliphatic hydroxyl groups is 1. The summed E-state index contributed by atoms with van der Waals surface area (Å²) in [5.74, 6) is 0.462. The van der Waals surface area contributed by atoms with Gasteiger partial charge in [0.1, 0.15) is 0 Å². The number of allylic oxidation sites excluding steroid dienone is 1.